The van der Waals surface area contributed by atoms with Gasteiger partial charge in [-0.15, -0.1) is 11.8 Å². The molecule has 0 radical (unpaired) electrons. The number of hydrogen-bond acceptors (Lipinski definition) is 3. The van der Waals surface area contributed by atoms with Gasteiger partial charge in [-0.05, 0) is 0 Å². The minimum absolute atomic E-state index is 0.0390. The molecule has 1 unspecified atom stereocenters. The second-order valence-corrected chi connectivity index (χ2v) is 3.30. The van der Waals surface area contributed by atoms with Gasteiger partial charge in [0.05, 0.1) is 18.2 Å². The Balaban J connectivity index is 3.36. The van der Waals surface area contributed by atoms with Crippen molar-refractivity contribution in [1.29, 1.82) is 5.26 Å². The van der Waals surface area contributed by atoms with E-state index >= 15 is 0 Å². The van der Waals surface area contributed by atoms with Crippen LogP contribution in [0.25, 0.3) is 0 Å². The van der Waals surface area contributed by atoms with Crippen LogP contribution in [0.5, 0.6) is 0 Å². The lowest BCUT2D eigenvalue weighted by molar-refractivity contribution is -0.136. The molecule has 56 valence electrons. The summed E-state index contributed by atoms with van der Waals surface area (Å²) in [4.78, 5) is 10.1. The highest BCUT2D eigenvalue weighted by Crippen LogP contribution is 2.12. The third-order valence-electron chi connectivity index (χ3n) is 0.894. The van der Waals surface area contributed by atoms with Gasteiger partial charge in [0.25, 0.3) is 0 Å². The zero-order chi connectivity index (χ0) is 7.98. The molecular weight excluding hydrogens is 150 g/mol. The van der Waals surface area contributed by atoms with Crippen LogP contribution in [0.1, 0.15) is 13.3 Å². The molecule has 0 aromatic rings. The van der Waals surface area contributed by atoms with Crippen LogP contribution < -0.4 is 0 Å². The van der Waals surface area contributed by atoms with E-state index in [9.17, 15) is 4.79 Å². The molecule has 0 rings (SSSR count). The first-order chi connectivity index (χ1) is 4.66. The van der Waals surface area contributed by atoms with E-state index in [0.29, 0.717) is 5.75 Å². The maximum absolute atomic E-state index is 10.1. The van der Waals surface area contributed by atoms with E-state index in [4.69, 9.17) is 10.4 Å². The average molecular weight is 159 g/mol. The third kappa shape index (κ3) is 5.45. The van der Waals surface area contributed by atoms with E-state index in [-0.39, 0.29) is 11.7 Å². The minimum atomic E-state index is -0.807. The predicted octanol–water partition coefficient (Wildman–Crippen LogP) is 1.11. The molecule has 0 fully saturated rings. The fourth-order valence-corrected chi connectivity index (χ4v) is 1.10. The number of carboxylic acid groups (broad SMARTS) is 1. The molecule has 4 heteroatoms. The van der Waals surface area contributed by atoms with E-state index < -0.39 is 5.97 Å². The van der Waals surface area contributed by atoms with Gasteiger partial charge in [-0.25, -0.2) is 0 Å². The van der Waals surface area contributed by atoms with Crippen LogP contribution in [0.3, 0.4) is 0 Å². The molecule has 3 nitrogen and oxygen atoms in total. The Morgan fingerprint density at radius 1 is 1.90 bits per heavy atom. The molecule has 0 spiro atoms. The molecular formula is C6H9NO2S. The van der Waals surface area contributed by atoms with E-state index in [2.05, 4.69) is 0 Å². The zero-order valence-corrected chi connectivity index (χ0v) is 6.52. The van der Waals surface area contributed by atoms with Crippen LogP contribution in [0.4, 0.5) is 0 Å². The van der Waals surface area contributed by atoms with Crippen molar-refractivity contribution >= 4 is 17.7 Å². The van der Waals surface area contributed by atoms with Gasteiger partial charge in [-0.1, -0.05) is 6.92 Å². The van der Waals surface area contributed by atoms with Crippen molar-refractivity contribution in [2.45, 2.75) is 18.6 Å². The van der Waals surface area contributed by atoms with Gasteiger partial charge in [0.2, 0.25) is 0 Å². The number of carbonyl (C=O) groups is 1. The van der Waals surface area contributed by atoms with E-state index in [1.807, 2.05) is 6.07 Å². The van der Waals surface area contributed by atoms with Gasteiger partial charge >= 0.3 is 5.97 Å². The number of rotatable bonds is 4. The summed E-state index contributed by atoms with van der Waals surface area (Å²) >= 11 is 1.36. The third-order valence-corrected chi connectivity index (χ3v) is 1.93. The Bertz CT molecular complexity index is 152. The standard InChI is InChI=1S/C6H9NO2S/c1-5(4-6(8)9)10-3-2-7/h5H,3-4H2,1H3,(H,8,9). The van der Waals surface area contributed by atoms with Gasteiger partial charge in [0, 0.05) is 5.25 Å². The van der Waals surface area contributed by atoms with Crippen molar-refractivity contribution in [1.82, 2.24) is 0 Å². The van der Waals surface area contributed by atoms with E-state index in [1.165, 1.54) is 11.8 Å². The van der Waals surface area contributed by atoms with Crippen molar-refractivity contribution in [3.05, 3.63) is 0 Å². The predicted molar refractivity (Wildman–Crippen MR) is 39.8 cm³/mol. The van der Waals surface area contributed by atoms with Crippen molar-refractivity contribution < 1.29 is 9.90 Å². The molecule has 0 aromatic heterocycles. The van der Waals surface area contributed by atoms with Crippen molar-refractivity contribution in [2.24, 2.45) is 0 Å². The summed E-state index contributed by atoms with van der Waals surface area (Å²) in [6.07, 6.45) is 0.131. The molecule has 0 aliphatic heterocycles. The number of hydrogen-bond donors (Lipinski definition) is 1. The number of nitriles is 1. The van der Waals surface area contributed by atoms with Crippen molar-refractivity contribution in [2.75, 3.05) is 5.75 Å². The van der Waals surface area contributed by atoms with Gasteiger partial charge in [-0.2, -0.15) is 5.26 Å². The fourth-order valence-electron chi connectivity index (χ4n) is 0.484. The molecule has 1 atom stereocenters. The molecule has 0 aliphatic rings. The summed E-state index contributed by atoms with van der Waals surface area (Å²) in [5.41, 5.74) is 0. The maximum Gasteiger partial charge on any atom is 0.304 e. The minimum Gasteiger partial charge on any atom is -0.481 e. The Kier molecular flexibility index (Phi) is 4.77. The number of thioether (sulfide) groups is 1. The average Bonchev–Trinajstić information content (AvgIpc) is 1.82. The molecule has 0 saturated carbocycles. The Labute approximate surface area is 64.0 Å². The second-order valence-electron chi connectivity index (χ2n) is 1.88. The van der Waals surface area contributed by atoms with Crippen molar-refractivity contribution in [3.8, 4) is 6.07 Å². The highest BCUT2D eigenvalue weighted by Gasteiger charge is 2.06. The Morgan fingerprint density at radius 3 is 2.90 bits per heavy atom. The van der Waals surface area contributed by atoms with Crippen molar-refractivity contribution in [3.63, 3.8) is 0 Å². The zero-order valence-electron chi connectivity index (χ0n) is 5.70. The van der Waals surface area contributed by atoms with E-state index in [0.717, 1.165) is 0 Å². The second kappa shape index (κ2) is 5.12. The quantitative estimate of drug-likeness (QED) is 0.667. The molecule has 0 heterocycles. The smallest absolute Gasteiger partial charge is 0.304 e. The van der Waals surface area contributed by atoms with Gasteiger partial charge < -0.3 is 5.11 Å². The Morgan fingerprint density at radius 2 is 2.50 bits per heavy atom. The van der Waals surface area contributed by atoms with Gasteiger partial charge in [0.1, 0.15) is 0 Å². The molecule has 0 amide bonds. The van der Waals surface area contributed by atoms with Crippen LogP contribution in [-0.2, 0) is 4.79 Å². The van der Waals surface area contributed by atoms with Gasteiger partial charge in [-0.3, -0.25) is 4.79 Å². The molecule has 0 aliphatic carbocycles. The number of nitrogens with zero attached hydrogens (tertiary/aromatic N) is 1. The lowest BCUT2D eigenvalue weighted by Gasteiger charge is -2.02. The van der Waals surface area contributed by atoms with E-state index in [1.54, 1.807) is 6.92 Å². The lowest BCUT2D eigenvalue weighted by atomic mass is 10.3. The molecule has 0 saturated heterocycles. The fraction of sp³-hybridized carbons (Fsp3) is 0.667. The summed E-state index contributed by atoms with van der Waals surface area (Å²) in [6.45, 7) is 1.80. The first-order valence-electron chi connectivity index (χ1n) is 2.87. The summed E-state index contributed by atoms with van der Waals surface area (Å²) < 4.78 is 0. The topological polar surface area (TPSA) is 61.1 Å². The van der Waals surface area contributed by atoms with Gasteiger partial charge in [0.15, 0.2) is 0 Å². The monoisotopic (exact) mass is 159 g/mol. The Hall–Kier alpha value is -0.690. The highest BCUT2D eigenvalue weighted by molar-refractivity contribution is 8.00. The lowest BCUT2D eigenvalue weighted by Crippen LogP contribution is -2.05. The van der Waals surface area contributed by atoms with Crippen LogP contribution >= 0.6 is 11.8 Å². The molecule has 1 N–H and O–H groups in total. The SMILES string of the molecule is CC(CC(=O)O)SCC#N. The van der Waals surface area contributed by atoms with Crippen LogP contribution in [0.15, 0.2) is 0 Å². The summed E-state index contributed by atoms with van der Waals surface area (Å²) in [5.74, 6) is -0.438. The molecule has 10 heavy (non-hydrogen) atoms. The maximum atomic E-state index is 10.1. The van der Waals surface area contributed by atoms with Crippen LogP contribution in [-0.4, -0.2) is 22.1 Å². The highest BCUT2D eigenvalue weighted by atomic mass is 32.2. The number of aliphatic carboxylic acids is 1. The van der Waals surface area contributed by atoms with Crippen LogP contribution in [0.2, 0.25) is 0 Å². The normalized spacial score (nSPS) is 12.0. The summed E-state index contributed by atoms with van der Waals surface area (Å²) in [7, 11) is 0. The first kappa shape index (κ1) is 9.31. The molecule has 0 bridgehead atoms. The molecule has 0 aromatic carbocycles. The van der Waals surface area contributed by atoms with Crippen LogP contribution in [0, 0.1) is 11.3 Å². The first-order valence-corrected chi connectivity index (χ1v) is 3.92. The largest absolute Gasteiger partial charge is 0.481 e. The summed E-state index contributed by atoms with van der Waals surface area (Å²) in [5, 5.41) is 16.5. The number of carboxylic acids is 1. The summed E-state index contributed by atoms with van der Waals surface area (Å²) in [6, 6.07) is 1.94.